The van der Waals surface area contributed by atoms with Crippen molar-refractivity contribution in [1.29, 1.82) is 0 Å². The van der Waals surface area contributed by atoms with E-state index in [9.17, 15) is 48.3 Å². The number of ketones is 1. The Balaban J connectivity index is 1.42. The molecular weight excluding hydrogens is 1140 g/mol. The van der Waals surface area contributed by atoms with Crippen molar-refractivity contribution in [2.24, 2.45) is 5.41 Å². The standard InChI is InChI=1S/C67H90N6O16/c1-14-17-27-50(62(80)69-49(35-43-29-30-44-23-18-19-24-45(44)34-43)63(81)72(11)52(40-88-66(4,5)6)61(79)68-39-57(75)70(9)16-3)71(10)58(76)41-86-48-26-22-25-47(36-48)54(32-31-46-37-55(84-12)56(85-13)38-53(46)74)89-65(83)51-28-20-21-33-73(51)64(82)60(78)67(7,8)42-87-59(77)15-2/h15,18-19,22-26,29-30,34,36-38,49-52,54,74H,2,14,16-17,20-21,27-28,31-33,35,39-42H2,1,3-13H3,(H,68,79)(H,69,80)/t49-,50-,51-,52-,54+/m0/s1. The van der Waals surface area contributed by atoms with Crippen molar-refractivity contribution in [3.63, 3.8) is 0 Å². The zero-order valence-electron chi connectivity index (χ0n) is 53.6. The van der Waals surface area contributed by atoms with Gasteiger partial charge in [-0.2, -0.15) is 0 Å². The largest absolute Gasteiger partial charge is 0.508 e. The third-order valence-electron chi connectivity index (χ3n) is 15.7. The molecule has 1 heterocycles. The molecular formula is C67H90N6O16. The first-order chi connectivity index (χ1) is 42.2. The van der Waals surface area contributed by atoms with Gasteiger partial charge in [0.05, 0.1) is 38.4 Å². The van der Waals surface area contributed by atoms with Crippen LogP contribution < -0.4 is 24.8 Å². The normalized spacial score (nSPS) is 14.6. The first kappa shape index (κ1) is 71.2. The van der Waals surface area contributed by atoms with Crippen LogP contribution in [0.2, 0.25) is 0 Å². The van der Waals surface area contributed by atoms with E-state index in [2.05, 4.69) is 17.2 Å². The molecule has 22 nitrogen and oxygen atoms in total. The van der Waals surface area contributed by atoms with Crippen LogP contribution in [0.1, 0.15) is 116 Å². The number of hydrogen-bond donors (Lipinski definition) is 3. The van der Waals surface area contributed by atoms with Crippen molar-refractivity contribution < 1.29 is 76.7 Å². The Bertz CT molecular complexity index is 3160. The minimum Gasteiger partial charge on any atom is -0.508 e. The summed E-state index contributed by atoms with van der Waals surface area (Å²) in [4.78, 5) is 130. The number of likely N-dealkylation sites (N-methyl/N-ethyl adjacent to an activating group) is 3. The van der Waals surface area contributed by atoms with Crippen LogP contribution in [-0.4, -0.2) is 182 Å². The maximum Gasteiger partial charge on any atom is 0.330 e. The van der Waals surface area contributed by atoms with Crippen molar-refractivity contribution in [1.82, 2.24) is 30.2 Å². The van der Waals surface area contributed by atoms with Crippen LogP contribution >= 0.6 is 0 Å². The van der Waals surface area contributed by atoms with E-state index in [1.807, 2.05) is 49.4 Å². The van der Waals surface area contributed by atoms with Crippen LogP contribution in [0.25, 0.3) is 10.8 Å². The Morgan fingerprint density at radius 3 is 2.16 bits per heavy atom. The lowest BCUT2D eigenvalue weighted by Gasteiger charge is -2.36. The lowest BCUT2D eigenvalue weighted by molar-refractivity contribution is -0.165. The molecule has 1 aliphatic rings. The second kappa shape index (κ2) is 33.2. The highest BCUT2D eigenvalue weighted by atomic mass is 16.5. The van der Waals surface area contributed by atoms with Gasteiger partial charge in [0.15, 0.2) is 18.1 Å². The third kappa shape index (κ3) is 20.2. The number of hydrogen-bond acceptors (Lipinski definition) is 16. The van der Waals surface area contributed by atoms with Crippen molar-refractivity contribution in [3.8, 4) is 23.0 Å². The number of piperidine rings is 1. The average molecular weight is 1240 g/mol. The summed E-state index contributed by atoms with van der Waals surface area (Å²) in [6.07, 6.45) is 2.75. The van der Waals surface area contributed by atoms with Crippen LogP contribution in [-0.2, 0) is 70.2 Å². The number of likely N-dealkylation sites (tertiary alicyclic amines) is 1. The number of rotatable bonds is 32. The number of fused-ring (bicyclic) bond motifs is 1. The minimum atomic E-state index is -1.43. The van der Waals surface area contributed by atoms with Crippen LogP contribution in [0.5, 0.6) is 23.0 Å². The minimum absolute atomic E-state index is 0.00299. The molecule has 1 aliphatic heterocycles. The number of phenolic OH excluding ortho intramolecular Hbond substituents is 1. The van der Waals surface area contributed by atoms with E-state index in [-0.39, 0.29) is 69.2 Å². The molecule has 1 saturated heterocycles. The summed E-state index contributed by atoms with van der Waals surface area (Å²) in [5, 5.41) is 18.6. The molecule has 0 spiro atoms. The molecule has 0 aromatic heterocycles. The Labute approximate surface area is 522 Å². The zero-order valence-corrected chi connectivity index (χ0v) is 53.6. The zero-order chi connectivity index (χ0) is 65.8. The number of amides is 6. The van der Waals surface area contributed by atoms with E-state index in [4.69, 9.17) is 28.4 Å². The molecule has 4 aromatic carbocycles. The van der Waals surface area contributed by atoms with E-state index in [0.717, 1.165) is 16.8 Å². The molecule has 0 saturated carbocycles. The number of ether oxygens (including phenoxy) is 6. The van der Waals surface area contributed by atoms with Crippen molar-refractivity contribution in [2.75, 3.05) is 74.8 Å². The monoisotopic (exact) mass is 1230 g/mol. The molecule has 22 heteroatoms. The first-order valence-corrected chi connectivity index (χ1v) is 30.1. The number of carbonyl (C=O) groups is 9. The number of nitrogens with one attached hydrogen (secondary N) is 2. The van der Waals surface area contributed by atoms with Gasteiger partial charge < -0.3 is 63.8 Å². The van der Waals surface area contributed by atoms with E-state index in [1.165, 1.54) is 67.8 Å². The molecule has 3 N–H and O–H groups in total. The highest BCUT2D eigenvalue weighted by Gasteiger charge is 2.43. The first-order valence-electron chi connectivity index (χ1n) is 30.1. The van der Waals surface area contributed by atoms with Crippen molar-refractivity contribution >= 4 is 63.9 Å². The predicted molar refractivity (Wildman–Crippen MR) is 334 cm³/mol. The average Bonchev–Trinajstić information content (AvgIpc) is 3.69. The van der Waals surface area contributed by atoms with Gasteiger partial charge in [-0.05, 0) is 126 Å². The molecule has 5 atom stereocenters. The number of Topliss-reactive ketones (excluding diaryl/α,β-unsaturated/α-hetero) is 1. The summed E-state index contributed by atoms with van der Waals surface area (Å²) in [6.45, 7) is 14.5. The molecule has 6 amide bonds. The summed E-state index contributed by atoms with van der Waals surface area (Å²) in [5.74, 6) is -5.45. The molecule has 484 valence electrons. The van der Waals surface area contributed by atoms with Gasteiger partial charge >= 0.3 is 11.9 Å². The number of phenols is 1. The van der Waals surface area contributed by atoms with E-state index in [1.54, 1.807) is 65.1 Å². The van der Waals surface area contributed by atoms with Gasteiger partial charge in [-0.15, -0.1) is 0 Å². The molecule has 89 heavy (non-hydrogen) atoms. The van der Waals surface area contributed by atoms with Gasteiger partial charge in [0.2, 0.25) is 29.4 Å². The Morgan fingerprint density at radius 1 is 0.798 bits per heavy atom. The Hall–Kier alpha value is -8.53. The Morgan fingerprint density at radius 2 is 1.49 bits per heavy atom. The number of carbonyl (C=O) groups excluding carboxylic acids is 9. The number of nitrogens with zero attached hydrogens (tertiary/aromatic N) is 4. The number of benzene rings is 4. The van der Waals surface area contributed by atoms with Gasteiger partial charge in [0, 0.05) is 52.8 Å². The van der Waals surface area contributed by atoms with E-state index < -0.39 is 102 Å². The highest BCUT2D eigenvalue weighted by molar-refractivity contribution is 6.38. The quantitative estimate of drug-likeness (QED) is 0.0256. The third-order valence-corrected chi connectivity index (χ3v) is 15.7. The Kier molecular flexibility index (Phi) is 26.5. The predicted octanol–water partition coefficient (Wildman–Crippen LogP) is 6.85. The fourth-order valence-corrected chi connectivity index (χ4v) is 10.0. The lowest BCUT2D eigenvalue weighted by atomic mass is 9.87. The van der Waals surface area contributed by atoms with Crippen LogP contribution in [0, 0.1) is 5.41 Å². The van der Waals surface area contributed by atoms with Gasteiger partial charge in [0.1, 0.15) is 48.4 Å². The summed E-state index contributed by atoms with van der Waals surface area (Å²) >= 11 is 0. The summed E-state index contributed by atoms with van der Waals surface area (Å²) in [5.41, 5.74) is -0.590. The van der Waals surface area contributed by atoms with Gasteiger partial charge in [0.25, 0.3) is 11.8 Å². The smallest absolute Gasteiger partial charge is 0.330 e. The van der Waals surface area contributed by atoms with Crippen LogP contribution in [0.4, 0.5) is 0 Å². The molecule has 4 aromatic rings. The summed E-state index contributed by atoms with van der Waals surface area (Å²) in [7, 11) is 7.41. The number of aromatic hydroxyl groups is 1. The second-order valence-corrected chi connectivity index (χ2v) is 23.8. The van der Waals surface area contributed by atoms with Crippen LogP contribution in [0.15, 0.2) is 91.5 Å². The van der Waals surface area contributed by atoms with Gasteiger partial charge in [-0.1, -0.05) is 80.9 Å². The number of esters is 2. The van der Waals surface area contributed by atoms with Gasteiger partial charge in [-0.25, -0.2) is 9.59 Å². The lowest BCUT2D eigenvalue weighted by Crippen LogP contribution is -2.59. The second-order valence-electron chi connectivity index (χ2n) is 23.8. The van der Waals surface area contributed by atoms with Crippen molar-refractivity contribution in [2.45, 2.75) is 142 Å². The molecule has 0 bridgehead atoms. The van der Waals surface area contributed by atoms with E-state index >= 15 is 0 Å². The fourth-order valence-electron chi connectivity index (χ4n) is 10.0. The van der Waals surface area contributed by atoms with Crippen molar-refractivity contribution in [3.05, 3.63) is 108 Å². The van der Waals surface area contributed by atoms with Gasteiger partial charge in [-0.3, -0.25) is 33.6 Å². The molecule has 1 fully saturated rings. The number of aryl methyl sites for hydroxylation is 1. The summed E-state index contributed by atoms with van der Waals surface area (Å²) in [6, 6.07) is 18.2. The fraction of sp³-hybridized carbons (Fsp3) is 0.507. The topological polar surface area (TPSA) is 266 Å². The molecule has 0 aliphatic carbocycles. The highest BCUT2D eigenvalue weighted by Crippen LogP contribution is 2.37. The SMILES string of the molecule is C=CC(=O)OCC(C)(C)C(=O)C(=O)N1CCCC[C@H]1C(=O)O[C@H](CCc1cc(OC)c(OC)cc1O)c1cccc(OCC(=O)N(C)[C@@H](CCCC)C(=O)N[C@@H](Cc2ccc3ccccc3c2)C(=O)N(C)[C@@H](COC(C)(C)C)C(=O)NCC(=O)N(C)CC)c1. The van der Waals surface area contributed by atoms with E-state index in [0.29, 0.717) is 60.4 Å². The maximum atomic E-state index is 15.0. The molecule has 5 rings (SSSR count). The number of unbranched alkanes of at least 4 members (excludes halogenated alkanes) is 1. The molecule has 0 unspecified atom stereocenters. The maximum absolute atomic E-state index is 15.0. The van der Waals surface area contributed by atoms with Crippen LogP contribution in [0.3, 0.4) is 0 Å². The number of methoxy groups -OCH3 is 2. The molecule has 0 radical (unpaired) electrons. The summed E-state index contributed by atoms with van der Waals surface area (Å²) < 4.78 is 34.5.